The van der Waals surface area contributed by atoms with Crippen LogP contribution in [0.25, 0.3) is 0 Å². The van der Waals surface area contributed by atoms with Crippen LogP contribution in [0.1, 0.15) is 6.92 Å². The minimum absolute atomic E-state index is 0.143. The summed E-state index contributed by atoms with van der Waals surface area (Å²) in [5, 5.41) is 0. The largest absolute Gasteiger partial charge is 0.312 e. The van der Waals surface area contributed by atoms with Gasteiger partial charge in [-0.15, -0.1) is 0 Å². The predicted molar refractivity (Wildman–Crippen MR) is 81.7 cm³/mol. The first-order valence-corrected chi connectivity index (χ1v) is 7.94. The van der Waals surface area contributed by atoms with Crippen LogP contribution in [0.4, 0.5) is 5.69 Å². The molecule has 1 aliphatic rings. The highest BCUT2D eigenvalue weighted by Crippen LogP contribution is 2.23. The molecule has 0 atom stereocenters. The molecule has 1 aromatic carbocycles. The Kier molecular flexibility index (Phi) is 5.13. The molecule has 0 saturated carbocycles. The van der Waals surface area contributed by atoms with Gasteiger partial charge in [-0.3, -0.25) is 9.79 Å². The maximum atomic E-state index is 12.2. The molecule has 0 bridgehead atoms. The highest BCUT2D eigenvalue weighted by molar-refractivity contribution is 8.39. The van der Waals surface area contributed by atoms with Crippen molar-refractivity contribution in [2.75, 3.05) is 29.5 Å². The van der Waals surface area contributed by atoms with Crippen molar-refractivity contribution in [3.8, 4) is 0 Å². The molecule has 0 spiro atoms. The van der Waals surface area contributed by atoms with Crippen LogP contribution in [0, 0.1) is 0 Å². The average molecular weight is 280 g/mol. The summed E-state index contributed by atoms with van der Waals surface area (Å²) in [6.07, 6.45) is 0. The summed E-state index contributed by atoms with van der Waals surface area (Å²) in [7, 11) is 0. The summed E-state index contributed by atoms with van der Waals surface area (Å²) < 4.78 is 1.05. The van der Waals surface area contributed by atoms with Gasteiger partial charge in [-0.25, -0.2) is 0 Å². The van der Waals surface area contributed by atoms with Gasteiger partial charge in [-0.2, -0.15) is 0 Å². The van der Waals surface area contributed by atoms with Crippen LogP contribution in [0.3, 0.4) is 0 Å². The first-order valence-electron chi connectivity index (χ1n) is 5.96. The fraction of sp³-hybridized carbons (Fsp3) is 0.385. The van der Waals surface area contributed by atoms with E-state index in [4.69, 9.17) is 0 Å². The average Bonchev–Trinajstić information content (AvgIpc) is 2.92. The zero-order valence-corrected chi connectivity index (χ0v) is 12.0. The van der Waals surface area contributed by atoms with E-state index in [0.29, 0.717) is 12.3 Å². The summed E-state index contributed by atoms with van der Waals surface area (Å²) in [4.78, 5) is 18.3. The van der Waals surface area contributed by atoms with Crippen molar-refractivity contribution >= 4 is 39.5 Å². The van der Waals surface area contributed by atoms with Gasteiger partial charge in [-0.1, -0.05) is 41.7 Å². The highest BCUT2D eigenvalue weighted by Gasteiger charge is 2.16. The first-order chi connectivity index (χ1) is 8.81. The van der Waals surface area contributed by atoms with Gasteiger partial charge >= 0.3 is 0 Å². The molecule has 2 rings (SSSR count). The summed E-state index contributed by atoms with van der Waals surface area (Å²) in [6.45, 7) is 3.58. The Morgan fingerprint density at radius 2 is 2.22 bits per heavy atom. The lowest BCUT2D eigenvalue weighted by Crippen LogP contribution is -2.32. The maximum absolute atomic E-state index is 12.2. The Hall–Kier alpha value is -0.940. The quantitative estimate of drug-likeness (QED) is 0.850. The number of anilines is 1. The fourth-order valence-corrected chi connectivity index (χ4v) is 3.60. The minimum atomic E-state index is 0.143. The molecular weight excluding hydrogens is 264 g/mol. The second kappa shape index (κ2) is 6.85. The van der Waals surface area contributed by atoms with E-state index in [2.05, 4.69) is 4.99 Å². The fourth-order valence-electron chi connectivity index (χ4n) is 1.72. The van der Waals surface area contributed by atoms with Crippen molar-refractivity contribution in [1.82, 2.24) is 0 Å². The number of carbonyl (C=O) groups is 1. The number of nitrogens with zero attached hydrogens (tertiary/aromatic N) is 2. The number of hydrogen-bond donors (Lipinski definition) is 0. The Morgan fingerprint density at radius 3 is 2.83 bits per heavy atom. The lowest BCUT2D eigenvalue weighted by atomic mass is 10.3. The minimum Gasteiger partial charge on any atom is -0.312 e. The van der Waals surface area contributed by atoms with Crippen molar-refractivity contribution in [2.45, 2.75) is 6.92 Å². The molecular formula is C13H16N2OS2. The molecule has 1 aliphatic heterocycles. The molecule has 0 unspecified atom stereocenters. The summed E-state index contributed by atoms with van der Waals surface area (Å²) >= 11 is 3.29. The zero-order valence-electron chi connectivity index (χ0n) is 10.3. The van der Waals surface area contributed by atoms with Crippen molar-refractivity contribution in [3.63, 3.8) is 0 Å². The molecule has 0 fully saturated rings. The second-order valence-corrected chi connectivity index (χ2v) is 6.06. The third kappa shape index (κ3) is 3.53. The number of rotatable bonds is 4. The summed E-state index contributed by atoms with van der Waals surface area (Å²) in [6, 6.07) is 9.80. The number of amides is 1. The third-order valence-corrected chi connectivity index (χ3v) is 4.80. The molecule has 18 heavy (non-hydrogen) atoms. The van der Waals surface area contributed by atoms with Gasteiger partial charge in [0, 0.05) is 18.0 Å². The number of thioether (sulfide) groups is 2. The van der Waals surface area contributed by atoms with Gasteiger partial charge in [0.25, 0.3) is 0 Å². The predicted octanol–water partition coefficient (Wildman–Crippen LogP) is 2.88. The zero-order chi connectivity index (χ0) is 12.8. The van der Waals surface area contributed by atoms with Crippen LogP contribution >= 0.6 is 23.5 Å². The molecule has 3 nitrogen and oxygen atoms in total. The molecule has 1 heterocycles. The molecule has 1 aromatic rings. The van der Waals surface area contributed by atoms with E-state index >= 15 is 0 Å². The second-order valence-electron chi connectivity index (χ2n) is 3.76. The number of benzene rings is 1. The van der Waals surface area contributed by atoms with E-state index in [1.165, 1.54) is 0 Å². The third-order valence-electron chi connectivity index (χ3n) is 2.56. The van der Waals surface area contributed by atoms with E-state index in [1.54, 1.807) is 23.5 Å². The van der Waals surface area contributed by atoms with Gasteiger partial charge < -0.3 is 4.90 Å². The first kappa shape index (κ1) is 13.5. The van der Waals surface area contributed by atoms with Crippen LogP contribution in [0.2, 0.25) is 0 Å². The molecule has 0 N–H and O–H groups in total. The Morgan fingerprint density at radius 1 is 1.44 bits per heavy atom. The van der Waals surface area contributed by atoms with Gasteiger partial charge in [0.15, 0.2) is 0 Å². The molecule has 1 amide bonds. The van der Waals surface area contributed by atoms with Gasteiger partial charge in [0.05, 0.1) is 12.3 Å². The van der Waals surface area contributed by atoms with E-state index in [1.807, 2.05) is 42.2 Å². The van der Waals surface area contributed by atoms with Crippen LogP contribution in [0.15, 0.2) is 35.3 Å². The normalized spacial score (nSPS) is 14.4. The maximum Gasteiger partial charge on any atom is 0.237 e. The molecule has 96 valence electrons. The molecule has 0 radical (unpaired) electrons. The Balaban J connectivity index is 1.93. The highest BCUT2D eigenvalue weighted by atomic mass is 32.2. The van der Waals surface area contributed by atoms with Gasteiger partial charge in [-0.05, 0) is 19.1 Å². The molecule has 0 aliphatic carbocycles. The number of para-hydroxylation sites is 1. The van der Waals surface area contributed by atoms with E-state index in [0.717, 1.165) is 22.4 Å². The number of aliphatic imine (C=N–C) groups is 1. The molecule has 0 saturated heterocycles. The van der Waals surface area contributed by atoms with Crippen molar-refractivity contribution in [1.29, 1.82) is 0 Å². The number of hydrogen-bond acceptors (Lipinski definition) is 4. The monoisotopic (exact) mass is 280 g/mol. The van der Waals surface area contributed by atoms with E-state index < -0.39 is 0 Å². The standard InChI is InChI=1S/C13H16N2OS2/c1-2-15(11-6-4-3-5-7-11)12(16)10-18-13-14-8-9-17-13/h3-7H,2,8-10H2,1H3. The lowest BCUT2D eigenvalue weighted by Gasteiger charge is -2.20. The van der Waals surface area contributed by atoms with E-state index in [9.17, 15) is 4.79 Å². The van der Waals surface area contributed by atoms with Crippen molar-refractivity contribution in [2.24, 2.45) is 4.99 Å². The van der Waals surface area contributed by atoms with Crippen LogP contribution in [-0.2, 0) is 4.79 Å². The summed E-state index contributed by atoms with van der Waals surface area (Å²) in [5.41, 5.74) is 0.964. The van der Waals surface area contributed by atoms with Gasteiger partial charge in [0.1, 0.15) is 4.38 Å². The molecule has 0 aromatic heterocycles. The van der Waals surface area contributed by atoms with Gasteiger partial charge in [0.2, 0.25) is 5.91 Å². The SMILES string of the molecule is CCN(C(=O)CSC1=NCCS1)c1ccccc1. The number of carbonyl (C=O) groups excluding carboxylic acids is 1. The Bertz CT molecular complexity index is 434. The Labute approximate surface area is 116 Å². The van der Waals surface area contributed by atoms with Crippen LogP contribution in [0.5, 0.6) is 0 Å². The van der Waals surface area contributed by atoms with Crippen molar-refractivity contribution < 1.29 is 4.79 Å². The van der Waals surface area contributed by atoms with Crippen LogP contribution < -0.4 is 4.90 Å². The van der Waals surface area contributed by atoms with E-state index in [-0.39, 0.29) is 5.91 Å². The lowest BCUT2D eigenvalue weighted by molar-refractivity contribution is -0.116. The smallest absolute Gasteiger partial charge is 0.237 e. The topological polar surface area (TPSA) is 32.7 Å². The van der Waals surface area contributed by atoms with Crippen LogP contribution in [-0.4, -0.2) is 34.9 Å². The molecule has 5 heteroatoms. The van der Waals surface area contributed by atoms with Crippen molar-refractivity contribution in [3.05, 3.63) is 30.3 Å². The summed E-state index contributed by atoms with van der Waals surface area (Å²) in [5.74, 6) is 1.66.